The molecule has 1 aliphatic carbocycles. The largest absolute Gasteiger partial charge is 0.508 e. The maximum absolute atomic E-state index is 12.1. The molecule has 0 unspecified atom stereocenters. The molecule has 5 nitrogen and oxygen atoms in total. The van der Waals surface area contributed by atoms with Gasteiger partial charge in [0.2, 0.25) is 0 Å². The summed E-state index contributed by atoms with van der Waals surface area (Å²) >= 11 is 5.99. The highest BCUT2D eigenvalue weighted by atomic mass is 35.5. The van der Waals surface area contributed by atoms with E-state index in [1.54, 1.807) is 18.2 Å². The first kappa shape index (κ1) is 16.6. The van der Waals surface area contributed by atoms with Gasteiger partial charge in [0.1, 0.15) is 11.4 Å². The van der Waals surface area contributed by atoms with E-state index in [1.165, 1.54) is 0 Å². The van der Waals surface area contributed by atoms with Gasteiger partial charge in [0.05, 0.1) is 0 Å². The summed E-state index contributed by atoms with van der Waals surface area (Å²) in [4.78, 5) is 14.3. The van der Waals surface area contributed by atoms with Crippen LogP contribution in [0.4, 0.5) is 0 Å². The molecule has 2 aliphatic rings. The Morgan fingerprint density at radius 2 is 2.17 bits per heavy atom. The van der Waals surface area contributed by atoms with Crippen LogP contribution in [0.2, 0.25) is 5.02 Å². The van der Waals surface area contributed by atoms with Gasteiger partial charge in [-0.3, -0.25) is 9.69 Å². The van der Waals surface area contributed by atoms with Crippen LogP contribution in [-0.4, -0.2) is 45.8 Å². The molecule has 1 atom stereocenters. The Hall–Kier alpha value is -1.30. The van der Waals surface area contributed by atoms with Crippen LogP contribution in [0, 0.1) is 0 Å². The van der Waals surface area contributed by atoms with Crippen LogP contribution in [0.5, 0.6) is 5.75 Å². The number of carbonyl (C=O) groups excluding carboxylic acids is 1. The number of likely N-dealkylation sites (tertiary alicyclic amines) is 1. The molecule has 6 heteroatoms. The molecule has 0 spiro atoms. The average Bonchev–Trinajstić information content (AvgIpc) is 2.49. The summed E-state index contributed by atoms with van der Waals surface area (Å²) in [6.07, 6.45) is 3.93. The van der Waals surface area contributed by atoms with Crippen LogP contribution in [0.1, 0.15) is 37.7 Å². The van der Waals surface area contributed by atoms with Crippen LogP contribution >= 0.6 is 11.6 Å². The Kier molecular flexibility index (Phi) is 4.80. The van der Waals surface area contributed by atoms with Crippen LogP contribution in [-0.2, 0) is 11.3 Å². The van der Waals surface area contributed by atoms with Gasteiger partial charge in [-0.05, 0) is 56.8 Å². The zero-order valence-corrected chi connectivity index (χ0v) is 13.9. The van der Waals surface area contributed by atoms with Crippen molar-refractivity contribution in [1.82, 2.24) is 10.2 Å². The first-order valence-electron chi connectivity index (χ1n) is 8.19. The second kappa shape index (κ2) is 6.67. The Balaban J connectivity index is 1.57. The maximum Gasteiger partial charge on any atom is 0.252 e. The molecule has 2 fully saturated rings. The number of benzene rings is 1. The van der Waals surface area contributed by atoms with Gasteiger partial charge < -0.3 is 15.5 Å². The summed E-state index contributed by atoms with van der Waals surface area (Å²) < 4.78 is 0. The summed E-state index contributed by atoms with van der Waals surface area (Å²) in [7, 11) is 0. The van der Waals surface area contributed by atoms with Crippen molar-refractivity contribution >= 4 is 17.5 Å². The predicted molar refractivity (Wildman–Crippen MR) is 88.4 cm³/mol. The predicted octanol–water partition coefficient (Wildman–Crippen LogP) is 2.04. The fourth-order valence-corrected chi connectivity index (χ4v) is 3.49. The highest BCUT2D eigenvalue weighted by Crippen LogP contribution is 2.32. The van der Waals surface area contributed by atoms with Crippen LogP contribution in [0.25, 0.3) is 0 Å². The molecule has 1 aliphatic heterocycles. The molecular weight excluding hydrogens is 316 g/mol. The third kappa shape index (κ3) is 3.79. The van der Waals surface area contributed by atoms with Crippen molar-refractivity contribution in [3.63, 3.8) is 0 Å². The van der Waals surface area contributed by atoms with E-state index in [4.69, 9.17) is 11.6 Å². The first-order valence-corrected chi connectivity index (χ1v) is 8.57. The molecule has 1 aromatic rings. The molecular formula is C17H23ClN2O3. The topological polar surface area (TPSA) is 72.8 Å². The number of hydrogen-bond donors (Lipinski definition) is 3. The van der Waals surface area contributed by atoms with Gasteiger partial charge in [-0.1, -0.05) is 11.6 Å². The molecule has 0 aromatic heterocycles. The van der Waals surface area contributed by atoms with Crippen LogP contribution in [0.3, 0.4) is 0 Å². The van der Waals surface area contributed by atoms with Gasteiger partial charge >= 0.3 is 0 Å². The standard InChI is InChI=1S/C17H23ClN2O3/c18-13-4-5-15(21)12(9-13)10-20-8-1-3-14(11-20)19-16(22)17(23)6-2-7-17/h4-5,9,14,21,23H,1-3,6-8,10-11H2,(H,19,22)/t14-/m1/s1. The molecule has 0 radical (unpaired) electrons. The van der Waals surface area contributed by atoms with Gasteiger partial charge in [-0.2, -0.15) is 0 Å². The van der Waals surface area contributed by atoms with E-state index in [-0.39, 0.29) is 17.7 Å². The molecule has 1 amide bonds. The third-order valence-electron chi connectivity index (χ3n) is 4.88. The number of rotatable bonds is 4. The first-order chi connectivity index (χ1) is 11.0. The molecule has 126 valence electrons. The van der Waals surface area contributed by atoms with Gasteiger partial charge in [-0.15, -0.1) is 0 Å². The molecule has 1 aromatic carbocycles. The highest BCUT2D eigenvalue weighted by Gasteiger charge is 2.42. The van der Waals surface area contributed by atoms with Crippen molar-refractivity contribution in [3.05, 3.63) is 28.8 Å². The van der Waals surface area contributed by atoms with Crippen molar-refractivity contribution in [2.45, 2.75) is 50.3 Å². The number of phenols is 1. The highest BCUT2D eigenvalue weighted by molar-refractivity contribution is 6.30. The van der Waals surface area contributed by atoms with Crippen LogP contribution in [0.15, 0.2) is 18.2 Å². The minimum atomic E-state index is -1.15. The summed E-state index contributed by atoms with van der Waals surface area (Å²) in [6.45, 7) is 2.24. The molecule has 1 heterocycles. The number of phenolic OH excluding ortho intramolecular Hbond substituents is 1. The van der Waals surface area contributed by atoms with Crippen molar-refractivity contribution in [1.29, 1.82) is 0 Å². The average molecular weight is 339 g/mol. The molecule has 3 rings (SSSR count). The molecule has 0 bridgehead atoms. The zero-order chi connectivity index (χ0) is 16.4. The van der Waals surface area contributed by atoms with E-state index in [9.17, 15) is 15.0 Å². The lowest BCUT2D eigenvalue weighted by Gasteiger charge is -2.38. The van der Waals surface area contributed by atoms with Crippen molar-refractivity contribution in [2.24, 2.45) is 0 Å². The second-order valence-corrected chi connectivity index (χ2v) is 7.14. The minimum absolute atomic E-state index is 0.0437. The van der Waals surface area contributed by atoms with E-state index in [0.717, 1.165) is 31.4 Å². The van der Waals surface area contributed by atoms with Gasteiger partial charge in [0.15, 0.2) is 0 Å². The minimum Gasteiger partial charge on any atom is -0.508 e. The number of carbonyl (C=O) groups is 1. The van der Waals surface area contributed by atoms with Crippen molar-refractivity contribution in [2.75, 3.05) is 13.1 Å². The second-order valence-electron chi connectivity index (χ2n) is 6.71. The normalized spacial score (nSPS) is 24.0. The lowest BCUT2D eigenvalue weighted by molar-refractivity contribution is -0.149. The number of piperidine rings is 1. The van der Waals surface area contributed by atoms with Gasteiger partial charge in [-0.25, -0.2) is 0 Å². The molecule has 1 saturated carbocycles. The fraction of sp³-hybridized carbons (Fsp3) is 0.588. The number of aliphatic hydroxyl groups is 1. The van der Waals surface area contributed by atoms with E-state index < -0.39 is 5.60 Å². The molecule has 23 heavy (non-hydrogen) atoms. The molecule has 3 N–H and O–H groups in total. The number of nitrogens with zero attached hydrogens (tertiary/aromatic N) is 1. The Morgan fingerprint density at radius 1 is 1.39 bits per heavy atom. The molecule has 1 saturated heterocycles. The third-order valence-corrected chi connectivity index (χ3v) is 5.11. The number of amides is 1. The summed E-state index contributed by atoms with van der Waals surface area (Å²) in [5.74, 6) is 0.00513. The summed E-state index contributed by atoms with van der Waals surface area (Å²) in [5.41, 5.74) is -0.352. The van der Waals surface area contributed by atoms with Gasteiger partial charge in [0.25, 0.3) is 5.91 Å². The van der Waals surface area contributed by atoms with Crippen molar-refractivity contribution in [3.8, 4) is 5.75 Å². The Bertz CT molecular complexity index is 589. The number of aromatic hydroxyl groups is 1. The smallest absolute Gasteiger partial charge is 0.252 e. The van der Waals surface area contributed by atoms with E-state index in [2.05, 4.69) is 10.2 Å². The quantitative estimate of drug-likeness (QED) is 0.785. The number of halogens is 1. The number of nitrogens with one attached hydrogen (secondary N) is 1. The lowest BCUT2D eigenvalue weighted by atomic mass is 9.79. The van der Waals surface area contributed by atoms with E-state index in [1.807, 2.05) is 0 Å². The van der Waals surface area contributed by atoms with Crippen LogP contribution < -0.4 is 5.32 Å². The SMILES string of the molecule is O=C(N[C@@H]1CCCN(Cc2cc(Cl)ccc2O)C1)C1(O)CCC1. The van der Waals surface area contributed by atoms with Gasteiger partial charge in [0, 0.05) is 29.7 Å². The number of hydrogen-bond acceptors (Lipinski definition) is 4. The Morgan fingerprint density at radius 3 is 2.87 bits per heavy atom. The zero-order valence-electron chi connectivity index (χ0n) is 13.1. The maximum atomic E-state index is 12.1. The van der Waals surface area contributed by atoms with E-state index in [0.29, 0.717) is 31.0 Å². The van der Waals surface area contributed by atoms with Crippen molar-refractivity contribution < 1.29 is 15.0 Å². The monoisotopic (exact) mass is 338 g/mol. The lowest BCUT2D eigenvalue weighted by Crippen LogP contribution is -2.57. The fourth-order valence-electron chi connectivity index (χ4n) is 3.30. The Labute approximate surface area is 141 Å². The summed E-state index contributed by atoms with van der Waals surface area (Å²) in [5, 5.41) is 23.6. The van der Waals surface area contributed by atoms with E-state index >= 15 is 0 Å². The summed E-state index contributed by atoms with van der Waals surface area (Å²) in [6, 6.07) is 5.09.